The zero-order valence-corrected chi connectivity index (χ0v) is 11.6. The Balaban J connectivity index is 1.83. The van der Waals surface area contributed by atoms with Crippen molar-refractivity contribution in [2.24, 2.45) is 5.92 Å². The maximum Gasteiger partial charge on any atom is 0.269 e. The highest BCUT2D eigenvalue weighted by Crippen LogP contribution is 2.39. The minimum Gasteiger partial charge on any atom is -0.333 e. The summed E-state index contributed by atoms with van der Waals surface area (Å²) in [7, 11) is 0. The average Bonchev–Trinajstić information content (AvgIpc) is 3.16. The van der Waals surface area contributed by atoms with Crippen molar-refractivity contribution in [2.75, 3.05) is 0 Å². The lowest BCUT2D eigenvalue weighted by Gasteiger charge is -2.04. The van der Waals surface area contributed by atoms with Crippen LogP contribution in [-0.4, -0.2) is 10.1 Å². The molecule has 1 aliphatic rings. The molecule has 4 nitrogen and oxygen atoms in total. The monoisotopic (exact) mass is 273 g/mol. The number of nitriles is 1. The van der Waals surface area contributed by atoms with E-state index in [-0.39, 0.29) is 0 Å². The molecular formula is C14H15N3OS. The van der Waals surface area contributed by atoms with Crippen LogP contribution in [0.4, 0.5) is 0 Å². The van der Waals surface area contributed by atoms with Crippen molar-refractivity contribution in [3.63, 3.8) is 0 Å². The first-order valence-electron chi connectivity index (χ1n) is 6.63. The molecule has 0 saturated heterocycles. The summed E-state index contributed by atoms with van der Waals surface area (Å²) in [6.45, 7) is 2.24. The molecule has 0 spiro atoms. The fraction of sp³-hybridized carbons (Fsp3) is 0.500. The van der Waals surface area contributed by atoms with E-state index in [0.29, 0.717) is 17.4 Å². The minimum absolute atomic E-state index is 0.424. The molecule has 1 saturated carbocycles. The Hall–Kier alpha value is -1.67. The van der Waals surface area contributed by atoms with Gasteiger partial charge in [0.25, 0.3) is 5.89 Å². The fourth-order valence-electron chi connectivity index (χ4n) is 2.74. The summed E-state index contributed by atoms with van der Waals surface area (Å²) in [5.41, 5.74) is 0.609. The summed E-state index contributed by atoms with van der Waals surface area (Å²) < 4.78 is 5.33. The lowest BCUT2D eigenvalue weighted by molar-refractivity contribution is 0.414. The molecule has 1 fully saturated rings. The largest absolute Gasteiger partial charge is 0.333 e. The Bertz CT molecular complexity index is 610. The van der Waals surface area contributed by atoms with Gasteiger partial charge in [-0.25, -0.2) is 0 Å². The summed E-state index contributed by atoms with van der Waals surface area (Å²) in [4.78, 5) is 5.28. The van der Waals surface area contributed by atoms with Crippen molar-refractivity contribution in [3.05, 3.63) is 22.8 Å². The van der Waals surface area contributed by atoms with Crippen LogP contribution in [-0.2, 0) is 0 Å². The fourth-order valence-corrected chi connectivity index (χ4v) is 3.50. The number of aromatic nitrogens is 2. The molecule has 98 valence electrons. The van der Waals surface area contributed by atoms with Gasteiger partial charge in [-0.1, -0.05) is 18.5 Å². The molecule has 1 aliphatic carbocycles. The highest BCUT2D eigenvalue weighted by Gasteiger charge is 2.28. The van der Waals surface area contributed by atoms with Crippen molar-refractivity contribution >= 4 is 11.3 Å². The summed E-state index contributed by atoms with van der Waals surface area (Å²) in [6.07, 6.45) is 4.79. The van der Waals surface area contributed by atoms with E-state index in [2.05, 4.69) is 23.1 Å². The van der Waals surface area contributed by atoms with Gasteiger partial charge in [0.05, 0.1) is 5.56 Å². The Morgan fingerprint density at radius 1 is 1.53 bits per heavy atom. The molecule has 2 unspecified atom stereocenters. The lowest BCUT2D eigenvalue weighted by atomic mass is 10.0. The van der Waals surface area contributed by atoms with E-state index in [1.165, 1.54) is 24.2 Å². The molecule has 0 N–H and O–H groups in total. The zero-order valence-electron chi connectivity index (χ0n) is 10.8. The van der Waals surface area contributed by atoms with E-state index in [9.17, 15) is 0 Å². The first-order valence-corrected chi connectivity index (χ1v) is 7.51. The highest BCUT2D eigenvalue weighted by atomic mass is 32.1. The van der Waals surface area contributed by atoms with Gasteiger partial charge in [-0.05, 0) is 36.6 Å². The molecule has 2 atom stereocenters. The van der Waals surface area contributed by atoms with Crippen LogP contribution in [0.25, 0.3) is 10.8 Å². The molecule has 3 rings (SSSR count). The van der Waals surface area contributed by atoms with Gasteiger partial charge in [-0.2, -0.15) is 10.2 Å². The van der Waals surface area contributed by atoms with Crippen molar-refractivity contribution in [1.29, 1.82) is 5.26 Å². The molecule has 5 heteroatoms. The van der Waals surface area contributed by atoms with E-state index in [0.717, 1.165) is 29.5 Å². The van der Waals surface area contributed by atoms with Gasteiger partial charge >= 0.3 is 0 Å². The number of hydrogen-bond donors (Lipinski definition) is 0. The van der Waals surface area contributed by atoms with E-state index in [4.69, 9.17) is 9.78 Å². The molecule has 0 aliphatic heterocycles. The molecule has 19 heavy (non-hydrogen) atoms. The van der Waals surface area contributed by atoms with Crippen LogP contribution in [0, 0.1) is 17.2 Å². The molecule has 0 radical (unpaired) electrons. The van der Waals surface area contributed by atoms with Gasteiger partial charge in [0.1, 0.15) is 10.9 Å². The van der Waals surface area contributed by atoms with Crippen LogP contribution in [0.1, 0.15) is 49.9 Å². The second-order valence-corrected chi connectivity index (χ2v) is 5.93. The molecular weight excluding hydrogens is 258 g/mol. The maximum atomic E-state index is 9.02. The smallest absolute Gasteiger partial charge is 0.269 e. The van der Waals surface area contributed by atoms with Crippen LogP contribution < -0.4 is 0 Å². The van der Waals surface area contributed by atoms with Crippen LogP contribution in [0.15, 0.2) is 16.0 Å². The first kappa shape index (κ1) is 12.4. The topological polar surface area (TPSA) is 62.7 Å². The van der Waals surface area contributed by atoms with Crippen molar-refractivity contribution in [3.8, 4) is 16.8 Å². The molecule has 0 bridgehead atoms. The van der Waals surface area contributed by atoms with E-state index >= 15 is 0 Å². The first-order chi connectivity index (χ1) is 9.31. The predicted octanol–water partition coefficient (Wildman–Crippen LogP) is 3.96. The number of nitrogens with zero attached hydrogens (tertiary/aromatic N) is 3. The van der Waals surface area contributed by atoms with Gasteiger partial charge in [-0.15, -0.1) is 11.3 Å². The molecule has 2 heterocycles. The minimum atomic E-state index is 0.424. The van der Waals surface area contributed by atoms with Crippen molar-refractivity contribution in [2.45, 2.75) is 38.5 Å². The van der Waals surface area contributed by atoms with Crippen LogP contribution in [0.3, 0.4) is 0 Å². The summed E-state index contributed by atoms with van der Waals surface area (Å²) >= 11 is 1.47. The standard InChI is InChI=1S/C14H15N3OS/c1-2-9-3-4-10(7-9)13-16-14(18-17-13)12-11(8-15)5-6-19-12/h5-6,9-10H,2-4,7H2,1H3. The Morgan fingerprint density at radius 2 is 2.42 bits per heavy atom. The van der Waals surface area contributed by atoms with Gasteiger partial charge in [-0.3, -0.25) is 0 Å². The van der Waals surface area contributed by atoms with Crippen LogP contribution in [0.2, 0.25) is 0 Å². The summed E-state index contributed by atoms with van der Waals surface area (Å²) in [5, 5.41) is 15.0. The lowest BCUT2D eigenvalue weighted by Crippen LogP contribution is -1.97. The number of thiophene rings is 1. The molecule has 2 aromatic heterocycles. The maximum absolute atomic E-state index is 9.02. The summed E-state index contributed by atoms with van der Waals surface area (Å²) in [6, 6.07) is 3.94. The second kappa shape index (κ2) is 5.14. The van der Waals surface area contributed by atoms with Gasteiger partial charge in [0, 0.05) is 5.92 Å². The Kier molecular flexibility index (Phi) is 3.34. The second-order valence-electron chi connectivity index (χ2n) is 5.02. The normalized spacial score (nSPS) is 22.5. The third-order valence-electron chi connectivity index (χ3n) is 3.91. The SMILES string of the molecule is CCC1CCC(c2noc(-c3sccc3C#N)n2)C1. The van der Waals surface area contributed by atoms with E-state index in [1.54, 1.807) is 6.07 Å². The summed E-state index contributed by atoms with van der Waals surface area (Å²) in [5.74, 6) is 2.51. The number of rotatable bonds is 3. The number of hydrogen-bond acceptors (Lipinski definition) is 5. The van der Waals surface area contributed by atoms with Gasteiger partial charge in [0.15, 0.2) is 5.82 Å². The van der Waals surface area contributed by atoms with Crippen LogP contribution >= 0.6 is 11.3 Å². The Labute approximate surface area is 116 Å². The van der Waals surface area contributed by atoms with Gasteiger partial charge < -0.3 is 4.52 Å². The predicted molar refractivity (Wildman–Crippen MR) is 72.7 cm³/mol. The zero-order chi connectivity index (χ0) is 13.2. The van der Waals surface area contributed by atoms with Crippen LogP contribution in [0.5, 0.6) is 0 Å². The molecule has 2 aromatic rings. The van der Waals surface area contributed by atoms with Crippen molar-refractivity contribution < 1.29 is 4.52 Å². The average molecular weight is 273 g/mol. The van der Waals surface area contributed by atoms with Crippen molar-refractivity contribution in [1.82, 2.24) is 10.1 Å². The molecule has 0 amide bonds. The third-order valence-corrected chi connectivity index (χ3v) is 4.81. The van der Waals surface area contributed by atoms with Gasteiger partial charge in [0.2, 0.25) is 0 Å². The Morgan fingerprint density at radius 3 is 3.16 bits per heavy atom. The highest BCUT2D eigenvalue weighted by molar-refractivity contribution is 7.13. The van der Waals surface area contributed by atoms with E-state index < -0.39 is 0 Å². The van der Waals surface area contributed by atoms with E-state index in [1.807, 2.05) is 5.38 Å². The third kappa shape index (κ3) is 2.28. The quantitative estimate of drug-likeness (QED) is 0.849. The molecule has 0 aromatic carbocycles.